The van der Waals surface area contributed by atoms with E-state index in [1.807, 2.05) is 57.7 Å². The maximum Gasteiger partial charge on any atom is 0.232 e. The minimum Gasteiger partial charge on any atom is -0.326 e. The van der Waals surface area contributed by atoms with E-state index in [-0.39, 0.29) is 17.7 Å². The summed E-state index contributed by atoms with van der Waals surface area (Å²) in [7, 11) is 0. The summed E-state index contributed by atoms with van der Waals surface area (Å²) >= 11 is 0. The van der Waals surface area contributed by atoms with Gasteiger partial charge in [0.25, 0.3) is 0 Å². The molecule has 0 radical (unpaired) electrons. The van der Waals surface area contributed by atoms with Gasteiger partial charge in [0.1, 0.15) is 0 Å². The summed E-state index contributed by atoms with van der Waals surface area (Å²) in [6, 6.07) is 5.82. The van der Waals surface area contributed by atoms with Crippen LogP contribution in [0.2, 0.25) is 0 Å². The summed E-state index contributed by atoms with van der Waals surface area (Å²) in [5.74, 6) is 0.0424. The molecule has 0 aromatic heterocycles. The summed E-state index contributed by atoms with van der Waals surface area (Å²) in [6.07, 6.45) is 0.871. The van der Waals surface area contributed by atoms with Crippen molar-refractivity contribution in [1.29, 1.82) is 0 Å². The fourth-order valence-corrected chi connectivity index (χ4v) is 2.36. The molecule has 2 rings (SSSR count). The number of nitrogens with one attached hydrogen (secondary N) is 1. The molecule has 4 heteroatoms. The van der Waals surface area contributed by atoms with Crippen LogP contribution in [-0.2, 0) is 16.0 Å². The van der Waals surface area contributed by atoms with Gasteiger partial charge in [0.2, 0.25) is 11.8 Å². The third-order valence-electron chi connectivity index (χ3n) is 3.66. The Bertz CT molecular complexity index is 571. The zero-order chi connectivity index (χ0) is 15.8. The minimum absolute atomic E-state index is 0.0124. The lowest BCUT2D eigenvalue weighted by Gasteiger charge is -2.26. The lowest BCUT2D eigenvalue weighted by molar-refractivity contribution is -0.125. The van der Waals surface area contributed by atoms with E-state index >= 15 is 0 Å². The smallest absolute Gasteiger partial charge is 0.232 e. The summed E-state index contributed by atoms with van der Waals surface area (Å²) in [4.78, 5) is 26.1. The Balaban J connectivity index is 2.27. The van der Waals surface area contributed by atoms with Crippen LogP contribution in [0.5, 0.6) is 0 Å². The van der Waals surface area contributed by atoms with Crippen molar-refractivity contribution < 1.29 is 9.59 Å². The van der Waals surface area contributed by atoms with Gasteiger partial charge < -0.3 is 10.2 Å². The number of amides is 2. The van der Waals surface area contributed by atoms with Gasteiger partial charge in [-0.1, -0.05) is 40.7 Å². The number of nitrogens with zero attached hydrogens (tertiary/aromatic N) is 1. The molecule has 0 unspecified atom stereocenters. The molecule has 2 amide bonds. The average molecular weight is 288 g/mol. The lowest BCUT2D eigenvalue weighted by Crippen LogP contribution is -2.38. The number of hydrogen-bond acceptors (Lipinski definition) is 2. The average Bonchev–Trinajstić information content (AvgIpc) is 2.79. The van der Waals surface area contributed by atoms with Gasteiger partial charge in [-0.2, -0.15) is 0 Å². The zero-order valence-electron chi connectivity index (χ0n) is 13.5. The molecule has 114 valence electrons. The first kappa shape index (κ1) is 15.5. The van der Waals surface area contributed by atoms with Crippen molar-refractivity contribution in [2.45, 2.75) is 41.0 Å². The maximum absolute atomic E-state index is 12.5. The Labute approximate surface area is 126 Å². The molecule has 0 fully saturated rings. The third kappa shape index (κ3) is 3.26. The second-order valence-electron chi connectivity index (χ2n) is 6.94. The first-order valence-corrected chi connectivity index (χ1v) is 7.46. The summed E-state index contributed by atoms with van der Waals surface area (Å²) < 4.78 is 0. The van der Waals surface area contributed by atoms with Crippen molar-refractivity contribution in [1.82, 2.24) is 0 Å². The molecular weight excluding hydrogens is 264 g/mol. The molecule has 0 saturated carbocycles. The molecule has 1 aromatic carbocycles. The molecule has 21 heavy (non-hydrogen) atoms. The van der Waals surface area contributed by atoms with Crippen molar-refractivity contribution in [3.63, 3.8) is 0 Å². The fraction of sp³-hybridized carbons (Fsp3) is 0.529. The molecule has 0 atom stereocenters. The molecule has 1 aliphatic rings. The maximum atomic E-state index is 12.5. The highest BCUT2D eigenvalue weighted by molar-refractivity contribution is 6.00. The normalized spacial score (nSPS) is 14.3. The van der Waals surface area contributed by atoms with E-state index in [1.165, 1.54) is 0 Å². The predicted octanol–water partition coefficient (Wildman–Crippen LogP) is 3.22. The molecule has 1 aromatic rings. The molecule has 0 spiro atoms. The molecule has 4 nitrogen and oxygen atoms in total. The highest BCUT2D eigenvalue weighted by atomic mass is 16.2. The monoisotopic (exact) mass is 288 g/mol. The molecular formula is C17H24N2O2. The van der Waals surface area contributed by atoms with Gasteiger partial charge in [-0.15, -0.1) is 0 Å². The zero-order valence-corrected chi connectivity index (χ0v) is 13.5. The van der Waals surface area contributed by atoms with Gasteiger partial charge in [0.15, 0.2) is 0 Å². The Hall–Kier alpha value is -1.84. The van der Waals surface area contributed by atoms with Crippen molar-refractivity contribution >= 4 is 23.2 Å². The Morgan fingerprint density at radius 3 is 2.48 bits per heavy atom. The number of rotatable bonds is 2. The standard InChI is InChI=1S/C17H24N2O2/c1-11(2)15(20)18-13-7-6-12-8-9-19(14(12)10-13)16(21)17(3,4)5/h6-7,10-11H,8-9H2,1-5H3,(H,18,20). The first-order chi connectivity index (χ1) is 9.70. The SMILES string of the molecule is CC(C)C(=O)Nc1ccc2c(c1)N(C(=O)C(C)(C)C)CC2. The van der Waals surface area contributed by atoms with E-state index in [4.69, 9.17) is 0 Å². The second kappa shape index (κ2) is 5.51. The summed E-state index contributed by atoms with van der Waals surface area (Å²) in [5.41, 5.74) is 2.44. The molecule has 0 saturated heterocycles. The second-order valence-corrected chi connectivity index (χ2v) is 6.94. The van der Waals surface area contributed by atoms with Crippen LogP contribution < -0.4 is 10.2 Å². The molecule has 1 N–H and O–H groups in total. The quantitative estimate of drug-likeness (QED) is 0.908. The molecule has 0 bridgehead atoms. The number of benzene rings is 1. The van der Waals surface area contributed by atoms with Gasteiger partial charge in [-0.3, -0.25) is 9.59 Å². The van der Waals surface area contributed by atoms with Crippen LogP contribution in [0.4, 0.5) is 11.4 Å². The van der Waals surface area contributed by atoms with E-state index in [0.717, 1.165) is 23.4 Å². The fourth-order valence-electron chi connectivity index (χ4n) is 2.36. The largest absolute Gasteiger partial charge is 0.326 e. The van der Waals surface area contributed by atoms with Crippen LogP contribution in [0.15, 0.2) is 18.2 Å². The van der Waals surface area contributed by atoms with Crippen LogP contribution in [0.25, 0.3) is 0 Å². The van der Waals surface area contributed by atoms with Gasteiger partial charge in [-0.25, -0.2) is 0 Å². The molecule has 1 heterocycles. The van der Waals surface area contributed by atoms with Gasteiger partial charge in [-0.05, 0) is 24.1 Å². The topological polar surface area (TPSA) is 49.4 Å². The lowest BCUT2D eigenvalue weighted by atomic mass is 9.94. The summed E-state index contributed by atoms with van der Waals surface area (Å²) in [6.45, 7) is 10.2. The number of carbonyl (C=O) groups excluding carboxylic acids is 2. The van der Waals surface area contributed by atoms with E-state index < -0.39 is 5.41 Å². The van der Waals surface area contributed by atoms with E-state index in [2.05, 4.69) is 5.32 Å². The van der Waals surface area contributed by atoms with Gasteiger partial charge in [0.05, 0.1) is 0 Å². The predicted molar refractivity (Wildman–Crippen MR) is 85.4 cm³/mol. The van der Waals surface area contributed by atoms with E-state index in [0.29, 0.717) is 6.54 Å². The number of hydrogen-bond donors (Lipinski definition) is 1. The Kier molecular flexibility index (Phi) is 4.08. The van der Waals surface area contributed by atoms with Crippen molar-refractivity contribution in [2.75, 3.05) is 16.8 Å². The highest BCUT2D eigenvalue weighted by Gasteiger charge is 2.32. The highest BCUT2D eigenvalue weighted by Crippen LogP contribution is 2.34. The van der Waals surface area contributed by atoms with Crippen molar-refractivity contribution in [3.8, 4) is 0 Å². The van der Waals surface area contributed by atoms with Gasteiger partial charge >= 0.3 is 0 Å². The van der Waals surface area contributed by atoms with E-state index in [9.17, 15) is 9.59 Å². The van der Waals surface area contributed by atoms with Gasteiger partial charge in [0, 0.05) is 29.3 Å². The van der Waals surface area contributed by atoms with Crippen molar-refractivity contribution in [2.24, 2.45) is 11.3 Å². The summed E-state index contributed by atoms with van der Waals surface area (Å²) in [5, 5.41) is 2.89. The Morgan fingerprint density at radius 2 is 1.90 bits per heavy atom. The van der Waals surface area contributed by atoms with Crippen molar-refractivity contribution in [3.05, 3.63) is 23.8 Å². The number of carbonyl (C=O) groups is 2. The number of anilines is 2. The number of fused-ring (bicyclic) bond motifs is 1. The molecule has 0 aliphatic carbocycles. The Morgan fingerprint density at radius 1 is 1.24 bits per heavy atom. The first-order valence-electron chi connectivity index (χ1n) is 7.46. The van der Waals surface area contributed by atoms with Crippen LogP contribution in [-0.4, -0.2) is 18.4 Å². The van der Waals surface area contributed by atoms with Crippen LogP contribution in [0.1, 0.15) is 40.2 Å². The molecule has 1 aliphatic heterocycles. The third-order valence-corrected chi connectivity index (χ3v) is 3.66. The van der Waals surface area contributed by atoms with Crippen LogP contribution >= 0.6 is 0 Å². The van der Waals surface area contributed by atoms with Crippen LogP contribution in [0, 0.1) is 11.3 Å². The van der Waals surface area contributed by atoms with E-state index in [1.54, 1.807) is 0 Å². The van der Waals surface area contributed by atoms with Crippen LogP contribution in [0.3, 0.4) is 0 Å². The minimum atomic E-state index is -0.404.